The van der Waals surface area contributed by atoms with E-state index >= 15 is 0 Å². The second kappa shape index (κ2) is 7.88. The second-order valence-corrected chi connectivity index (χ2v) is 5.14. The maximum Gasteiger partial charge on any atom is 0.307 e. The lowest BCUT2D eigenvalue weighted by atomic mass is 10.1. The summed E-state index contributed by atoms with van der Waals surface area (Å²) in [4.78, 5) is 11.2. The van der Waals surface area contributed by atoms with Crippen molar-refractivity contribution in [1.82, 2.24) is 5.32 Å². The van der Waals surface area contributed by atoms with E-state index in [0.717, 1.165) is 24.3 Å². The molecule has 0 aromatic heterocycles. The molecule has 1 atom stereocenters. The van der Waals surface area contributed by atoms with Crippen LogP contribution in [0.3, 0.4) is 0 Å². The lowest BCUT2D eigenvalue weighted by Gasteiger charge is -2.13. The Morgan fingerprint density at radius 2 is 2.19 bits per heavy atom. The van der Waals surface area contributed by atoms with Gasteiger partial charge in [0.15, 0.2) is 11.5 Å². The molecule has 0 spiro atoms. The first kappa shape index (κ1) is 15.6. The molecule has 2 rings (SSSR count). The fourth-order valence-electron chi connectivity index (χ4n) is 2.24. The molecule has 1 N–H and O–H groups in total. The number of nitrogens with one attached hydrogen (secondary N) is 1. The summed E-state index contributed by atoms with van der Waals surface area (Å²) in [6, 6.07) is 6.41. The minimum Gasteiger partial charge on any atom is -0.466 e. The summed E-state index contributed by atoms with van der Waals surface area (Å²) < 4.78 is 15.6. The van der Waals surface area contributed by atoms with E-state index in [2.05, 4.69) is 18.3 Å². The van der Waals surface area contributed by atoms with Gasteiger partial charge in [0.2, 0.25) is 6.79 Å². The highest BCUT2D eigenvalue weighted by molar-refractivity contribution is 5.69. The molecule has 0 aliphatic carbocycles. The Morgan fingerprint density at radius 3 is 3.00 bits per heavy atom. The van der Waals surface area contributed by atoms with E-state index in [0.29, 0.717) is 32.4 Å². The zero-order valence-electron chi connectivity index (χ0n) is 12.7. The summed E-state index contributed by atoms with van der Waals surface area (Å²) in [5.41, 5.74) is 1.23. The number of carbonyl (C=O) groups is 1. The minimum absolute atomic E-state index is 0.145. The van der Waals surface area contributed by atoms with Gasteiger partial charge in [0.1, 0.15) is 0 Å². The van der Waals surface area contributed by atoms with E-state index in [4.69, 9.17) is 14.2 Å². The van der Waals surface area contributed by atoms with Crippen LogP contribution < -0.4 is 14.8 Å². The Bertz CT molecular complexity index is 475. The first-order valence-corrected chi connectivity index (χ1v) is 7.46. The van der Waals surface area contributed by atoms with Crippen LogP contribution in [0.5, 0.6) is 11.5 Å². The molecule has 1 aromatic rings. The van der Waals surface area contributed by atoms with Crippen LogP contribution in [0.25, 0.3) is 0 Å². The predicted octanol–water partition coefficient (Wildman–Crippen LogP) is 2.28. The van der Waals surface area contributed by atoms with Crippen molar-refractivity contribution in [1.29, 1.82) is 0 Å². The molecule has 116 valence electrons. The van der Waals surface area contributed by atoms with Crippen molar-refractivity contribution in [2.75, 3.05) is 19.9 Å². The summed E-state index contributed by atoms with van der Waals surface area (Å²) in [7, 11) is 0. The van der Waals surface area contributed by atoms with Gasteiger partial charge >= 0.3 is 5.97 Å². The van der Waals surface area contributed by atoms with Crippen molar-refractivity contribution < 1.29 is 19.0 Å². The highest BCUT2D eigenvalue weighted by Crippen LogP contribution is 2.32. The van der Waals surface area contributed by atoms with Gasteiger partial charge in [-0.25, -0.2) is 0 Å². The summed E-state index contributed by atoms with van der Waals surface area (Å²) in [6.07, 6.45) is 2.38. The van der Waals surface area contributed by atoms with Crippen LogP contribution in [0.1, 0.15) is 32.3 Å². The van der Waals surface area contributed by atoms with Crippen molar-refractivity contribution in [3.8, 4) is 11.5 Å². The molecule has 0 saturated carbocycles. The van der Waals surface area contributed by atoms with Crippen LogP contribution >= 0.6 is 0 Å². The molecule has 0 saturated heterocycles. The Hall–Kier alpha value is -1.75. The standard InChI is InChI=1S/C16H23NO4/c1-3-19-16(18)8-9-17-12(2)4-5-13-6-7-14-15(10-13)21-11-20-14/h6-7,10,12,17H,3-5,8-9,11H2,1-2H3. The van der Waals surface area contributed by atoms with Crippen molar-refractivity contribution >= 4 is 5.97 Å². The Labute approximate surface area is 125 Å². The third kappa shape index (κ3) is 4.93. The zero-order chi connectivity index (χ0) is 15.1. The molecule has 1 aliphatic heterocycles. The van der Waals surface area contributed by atoms with E-state index in [-0.39, 0.29) is 5.97 Å². The van der Waals surface area contributed by atoms with Gasteiger partial charge in [0, 0.05) is 12.6 Å². The third-order valence-corrected chi connectivity index (χ3v) is 3.43. The first-order valence-electron chi connectivity index (χ1n) is 7.46. The van der Waals surface area contributed by atoms with E-state index < -0.39 is 0 Å². The van der Waals surface area contributed by atoms with Gasteiger partial charge in [-0.3, -0.25) is 4.79 Å². The van der Waals surface area contributed by atoms with Crippen LogP contribution in [0.4, 0.5) is 0 Å². The van der Waals surface area contributed by atoms with Crippen LogP contribution in [-0.4, -0.2) is 32.0 Å². The number of carbonyl (C=O) groups excluding carboxylic acids is 1. The fourth-order valence-corrected chi connectivity index (χ4v) is 2.24. The quantitative estimate of drug-likeness (QED) is 0.745. The van der Waals surface area contributed by atoms with Gasteiger partial charge in [-0.2, -0.15) is 0 Å². The Morgan fingerprint density at radius 1 is 1.38 bits per heavy atom. The monoisotopic (exact) mass is 293 g/mol. The minimum atomic E-state index is -0.145. The lowest BCUT2D eigenvalue weighted by Crippen LogP contribution is -2.29. The number of benzene rings is 1. The maximum absolute atomic E-state index is 11.2. The van der Waals surface area contributed by atoms with Crippen molar-refractivity contribution in [3.63, 3.8) is 0 Å². The topological polar surface area (TPSA) is 56.8 Å². The molecule has 21 heavy (non-hydrogen) atoms. The van der Waals surface area contributed by atoms with E-state index in [1.807, 2.05) is 19.1 Å². The van der Waals surface area contributed by atoms with E-state index in [1.165, 1.54) is 5.56 Å². The van der Waals surface area contributed by atoms with Crippen LogP contribution in [0.2, 0.25) is 0 Å². The highest BCUT2D eigenvalue weighted by atomic mass is 16.7. The highest BCUT2D eigenvalue weighted by Gasteiger charge is 2.13. The molecule has 1 aromatic carbocycles. The molecule has 0 amide bonds. The molecular formula is C16H23NO4. The summed E-state index contributed by atoms with van der Waals surface area (Å²) in [5, 5.41) is 3.34. The molecule has 0 radical (unpaired) electrons. The van der Waals surface area contributed by atoms with E-state index in [9.17, 15) is 4.79 Å². The number of hydrogen-bond donors (Lipinski definition) is 1. The Kier molecular flexibility index (Phi) is 5.87. The van der Waals surface area contributed by atoms with Crippen LogP contribution in [0.15, 0.2) is 18.2 Å². The van der Waals surface area contributed by atoms with Gasteiger partial charge in [-0.1, -0.05) is 6.07 Å². The molecule has 1 aliphatic rings. The molecule has 1 heterocycles. The fraction of sp³-hybridized carbons (Fsp3) is 0.562. The number of rotatable bonds is 8. The van der Waals surface area contributed by atoms with Gasteiger partial charge in [-0.15, -0.1) is 0 Å². The molecular weight excluding hydrogens is 270 g/mol. The second-order valence-electron chi connectivity index (χ2n) is 5.14. The van der Waals surface area contributed by atoms with Crippen molar-refractivity contribution in [2.24, 2.45) is 0 Å². The van der Waals surface area contributed by atoms with Crippen molar-refractivity contribution in [2.45, 2.75) is 39.2 Å². The number of esters is 1. The number of hydrogen-bond acceptors (Lipinski definition) is 5. The van der Waals surface area contributed by atoms with Gasteiger partial charge in [0.25, 0.3) is 0 Å². The normalized spacial score (nSPS) is 14.0. The van der Waals surface area contributed by atoms with Gasteiger partial charge in [0.05, 0.1) is 13.0 Å². The smallest absolute Gasteiger partial charge is 0.307 e. The molecule has 1 unspecified atom stereocenters. The number of ether oxygens (including phenoxy) is 3. The number of fused-ring (bicyclic) bond motifs is 1. The molecule has 5 nitrogen and oxygen atoms in total. The summed E-state index contributed by atoms with van der Waals surface area (Å²) in [6.45, 7) is 5.35. The largest absolute Gasteiger partial charge is 0.466 e. The SMILES string of the molecule is CCOC(=O)CCNC(C)CCc1ccc2c(c1)OCO2. The van der Waals surface area contributed by atoms with Gasteiger partial charge < -0.3 is 19.5 Å². The maximum atomic E-state index is 11.2. The van der Waals surface area contributed by atoms with Gasteiger partial charge in [-0.05, 0) is 44.4 Å². The number of aryl methyl sites for hydroxylation is 1. The summed E-state index contributed by atoms with van der Waals surface area (Å²) in [5.74, 6) is 1.50. The molecule has 0 bridgehead atoms. The molecule has 5 heteroatoms. The van der Waals surface area contributed by atoms with Crippen LogP contribution in [0, 0.1) is 0 Å². The van der Waals surface area contributed by atoms with Crippen LogP contribution in [-0.2, 0) is 16.0 Å². The Balaban J connectivity index is 1.67. The zero-order valence-corrected chi connectivity index (χ0v) is 12.7. The van der Waals surface area contributed by atoms with Crippen molar-refractivity contribution in [3.05, 3.63) is 23.8 Å². The lowest BCUT2D eigenvalue weighted by molar-refractivity contribution is -0.142. The summed E-state index contributed by atoms with van der Waals surface area (Å²) >= 11 is 0. The average Bonchev–Trinajstić information content (AvgIpc) is 2.93. The predicted molar refractivity (Wildman–Crippen MR) is 79.6 cm³/mol. The third-order valence-electron chi connectivity index (χ3n) is 3.43. The first-order chi connectivity index (χ1) is 10.2. The van der Waals surface area contributed by atoms with E-state index in [1.54, 1.807) is 0 Å². The molecule has 0 fully saturated rings. The average molecular weight is 293 g/mol.